The fraction of sp³-hybridized carbons (Fsp3) is 0.300. The molecule has 0 fully saturated rings. The van der Waals surface area contributed by atoms with Crippen molar-refractivity contribution < 1.29 is 9.59 Å². The molecule has 4 nitrogen and oxygen atoms in total. The van der Waals surface area contributed by atoms with Crippen molar-refractivity contribution in [1.29, 1.82) is 0 Å². The second-order valence-corrected chi connectivity index (χ2v) is 6.63. The van der Waals surface area contributed by atoms with E-state index in [1.807, 2.05) is 13.0 Å². The first-order chi connectivity index (χ1) is 11.9. The van der Waals surface area contributed by atoms with Gasteiger partial charge in [-0.1, -0.05) is 35.4 Å². The van der Waals surface area contributed by atoms with E-state index in [9.17, 15) is 9.59 Å². The van der Waals surface area contributed by atoms with Gasteiger partial charge in [-0.15, -0.1) is 0 Å². The minimum atomic E-state index is -0.207. The number of hydrogen-bond acceptors (Lipinski definition) is 2. The van der Waals surface area contributed by atoms with Gasteiger partial charge in [0, 0.05) is 37.1 Å². The van der Waals surface area contributed by atoms with Crippen LogP contribution in [-0.2, 0) is 11.3 Å². The Morgan fingerprint density at radius 3 is 2.40 bits per heavy atom. The van der Waals surface area contributed by atoms with E-state index in [0.29, 0.717) is 23.7 Å². The van der Waals surface area contributed by atoms with Gasteiger partial charge in [0.05, 0.1) is 0 Å². The number of halogens is 1. The van der Waals surface area contributed by atoms with E-state index < -0.39 is 0 Å². The Hall–Kier alpha value is -2.33. The van der Waals surface area contributed by atoms with Crippen LogP contribution in [0.4, 0.5) is 0 Å². The molecule has 5 heteroatoms. The number of rotatable bonds is 6. The van der Waals surface area contributed by atoms with Crippen LogP contribution in [0, 0.1) is 13.8 Å². The van der Waals surface area contributed by atoms with Gasteiger partial charge in [0.2, 0.25) is 5.91 Å². The van der Waals surface area contributed by atoms with Crippen molar-refractivity contribution in [2.75, 3.05) is 13.6 Å². The molecule has 0 spiro atoms. The predicted octanol–water partition coefficient (Wildman–Crippen LogP) is 3.74. The predicted molar refractivity (Wildman–Crippen MR) is 101 cm³/mol. The molecule has 1 N–H and O–H groups in total. The summed E-state index contributed by atoms with van der Waals surface area (Å²) in [5.41, 5.74) is 4.04. The first kappa shape index (κ1) is 19.0. The molecule has 0 atom stereocenters. The Balaban J connectivity index is 1.81. The summed E-state index contributed by atoms with van der Waals surface area (Å²) in [6.45, 7) is 4.97. The average Bonchev–Trinajstić information content (AvgIpc) is 2.57. The van der Waals surface area contributed by atoms with Crippen molar-refractivity contribution >= 4 is 23.4 Å². The van der Waals surface area contributed by atoms with E-state index in [4.69, 9.17) is 11.6 Å². The van der Waals surface area contributed by atoms with Gasteiger partial charge < -0.3 is 10.2 Å². The summed E-state index contributed by atoms with van der Waals surface area (Å²) in [5.74, 6) is -0.210. The van der Waals surface area contributed by atoms with Crippen LogP contribution < -0.4 is 5.32 Å². The lowest BCUT2D eigenvalue weighted by atomic mass is 10.1. The van der Waals surface area contributed by atoms with Crippen LogP contribution in [0.15, 0.2) is 42.5 Å². The number of nitrogens with zero attached hydrogens (tertiary/aromatic N) is 1. The highest BCUT2D eigenvalue weighted by Gasteiger charge is 2.12. The molecule has 2 aromatic rings. The van der Waals surface area contributed by atoms with Crippen LogP contribution in [0.25, 0.3) is 0 Å². The van der Waals surface area contributed by atoms with Crippen LogP contribution in [0.2, 0.25) is 5.02 Å². The molecule has 0 bridgehead atoms. The van der Waals surface area contributed by atoms with E-state index in [-0.39, 0.29) is 18.2 Å². The Kier molecular flexibility index (Phi) is 6.59. The first-order valence-electron chi connectivity index (χ1n) is 8.20. The quantitative estimate of drug-likeness (QED) is 0.855. The van der Waals surface area contributed by atoms with Gasteiger partial charge in [0.15, 0.2) is 0 Å². The van der Waals surface area contributed by atoms with Crippen LogP contribution >= 0.6 is 11.6 Å². The SMILES string of the molecule is Cc1ccc(CN(C)C(=O)CCNC(=O)c2ccc(Cl)cc2)c(C)c1. The highest BCUT2D eigenvalue weighted by atomic mass is 35.5. The maximum absolute atomic E-state index is 12.2. The van der Waals surface area contributed by atoms with Crippen LogP contribution in [0.5, 0.6) is 0 Å². The molecular weight excluding hydrogens is 336 g/mol. The molecule has 0 unspecified atom stereocenters. The lowest BCUT2D eigenvalue weighted by Gasteiger charge is -2.19. The summed E-state index contributed by atoms with van der Waals surface area (Å²) in [7, 11) is 1.78. The van der Waals surface area contributed by atoms with Gasteiger partial charge >= 0.3 is 0 Å². The molecule has 0 aliphatic carbocycles. The van der Waals surface area contributed by atoms with E-state index >= 15 is 0 Å². The molecule has 25 heavy (non-hydrogen) atoms. The van der Waals surface area contributed by atoms with Crippen LogP contribution in [0.1, 0.15) is 33.5 Å². The molecule has 0 saturated carbocycles. The number of nitrogens with one attached hydrogen (secondary N) is 1. The highest BCUT2D eigenvalue weighted by Crippen LogP contribution is 2.13. The fourth-order valence-corrected chi connectivity index (χ4v) is 2.67. The summed E-state index contributed by atoms with van der Waals surface area (Å²) in [6.07, 6.45) is 0.265. The number of carbonyl (C=O) groups is 2. The van der Waals surface area contributed by atoms with Crippen molar-refractivity contribution in [2.24, 2.45) is 0 Å². The molecule has 0 radical (unpaired) electrons. The summed E-state index contributed by atoms with van der Waals surface area (Å²) in [6, 6.07) is 12.9. The van der Waals surface area contributed by atoms with Crippen molar-refractivity contribution in [2.45, 2.75) is 26.8 Å². The van der Waals surface area contributed by atoms with Gasteiger partial charge in [-0.05, 0) is 49.2 Å². The van der Waals surface area contributed by atoms with Crippen molar-refractivity contribution in [3.8, 4) is 0 Å². The van der Waals surface area contributed by atoms with E-state index in [2.05, 4.69) is 24.4 Å². The Bertz CT molecular complexity index is 757. The number of aryl methyl sites for hydroxylation is 2. The molecule has 132 valence electrons. The third-order valence-electron chi connectivity index (χ3n) is 4.06. The second-order valence-electron chi connectivity index (χ2n) is 6.19. The summed E-state index contributed by atoms with van der Waals surface area (Å²) < 4.78 is 0. The average molecular weight is 359 g/mol. The standard InChI is InChI=1S/C20H23ClN2O2/c1-14-4-5-17(15(2)12-14)13-23(3)19(24)10-11-22-20(25)16-6-8-18(21)9-7-16/h4-9,12H,10-11,13H2,1-3H3,(H,22,25). The van der Waals surface area contributed by atoms with Gasteiger partial charge in [-0.2, -0.15) is 0 Å². The molecule has 2 amide bonds. The van der Waals surface area contributed by atoms with Gasteiger partial charge in [-0.3, -0.25) is 9.59 Å². The Morgan fingerprint density at radius 2 is 1.76 bits per heavy atom. The lowest BCUT2D eigenvalue weighted by Crippen LogP contribution is -2.32. The number of benzene rings is 2. The molecule has 0 saturated heterocycles. The van der Waals surface area contributed by atoms with Crippen LogP contribution in [-0.4, -0.2) is 30.3 Å². The first-order valence-corrected chi connectivity index (χ1v) is 8.58. The monoisotopic (exact) mass is 358 g/mol. The maximum atomic E-state index is 12.2. The van der Waals surface area contributed by atoms with Gasteiger partial charge in [-0.25, -0.2) is 0 Å². The minimum absolute atomic E-state index is 0.00335. The summed E-state index contributed by atoms with van der Waals surface area (Å²) in [4.78, 5) is 25.9. The minimum Gasteiger partial charge on any atom is -0.352 e. The zero-order chi connectivity index (χ0) is 18.4. The normalized spacial score (nSPS) is 10.4. The molecule has 0 aromatic heterocycles. The van der Waals surface area contributed by atoms with E-state index in [1.54, 1.807) is 36.2 Å². The maximum Gasteiger partial charge on any atom is 0.251 e. The largest absolute Gasteiger partial charge is 0.352 e. The molecule has 0 aliphatic heterocycles. The number of amides is 2. The molecular formula is C20H23ClN2O2. The number of carbonyl (C=O) groups excluding carboxylic acids is 2. The van der Waals surface area contributed by atoms with Gasteiger partial charge in [0.25, 0.3) is 5.91 Å². The summed E-state index contributed by atoms with van der Waals surface area (Å²) in [5, 5.41) is 3.34. The third kappa shape index (κ3) is 5.61. The molecule has 2 aromatic carbocycles. The number of hydrogen-bond donors (Lipinski definition) is 1. The van der Waals surface area contributed by atoms with Crippen LogP contribution in [0.3, 0.4) is 0 Å². The molecule has 0 heterocycles. The van der Waals surface area contributed by atoms with Crippen molar-refractivity contribution in [3.05, 3.63) is 69.7 Å². The fourth-order valence-electron chi connectivity index (χ4n) is 2.54. The summed E-state index contributed by atoms with van der Waals surface area (Å²) >= 11 is 5.80. The lowest BCUT2D eigenvalue weighted by molar-refractivity contribution is -0.130. The highest BCUT2D eigenvalue weighted by molar-refractivity contribution is 6.30. The van der Waals surface area contributed by atoms with E-state index in [1.165, 1.54) is 11.1 Å². The van der Waals surface area contributed by atoms with E-state index in [0.717, 1.165) is 5.56 Å². The molecule has 2 rings (SSSR count). The van der Waals surface area contributed by atoms with Crippen molar-refractivity contribution in [1.82, 2.24) is 10.2 Å². The third-order valence-corrected chi connectivity index (χ3v) is 4.31. The molecule has 0 aliphatic rings. The smallest absolute Gasteiger partial charge is 0.251 e. The Labute approximate surface area is 153 Å². The zero-order valence-electron chi connectivity index (χ0n) is 14.8. The van der Waals surface area contributed by atoms with Crippen molar-refractivity contribution in [3.63, 3.8) is 0 Å². The van der Waals surface area contributed by atoms with Gasteiger partial charge in [0.1, 0.15) is 0 Å². The zero-order valence-corrected chi connectivity index (χ0v) is 15.6. The second kappa shape index (κ2) is 8.67. The topological polar surface area (TPSA) is 49.4 Å². The Morgan fingerprint density at radius 1 is 1.08 bits per heavy atom.